The third-order valence-electron chi connectivity index (χ3n) is 4.91. The summed E-state index contributed by atoms with van der Waals surface area (Å²) in [5.41, 5.74) is 2.01. The highest BCUT2D eigenvalue weighted by atomic mass is 16.5. The maximum Gasteiger partial charge on any atom is 0.337 e. The van der Waals surface area contributed by atoms with E-state index in [9.17, 15) is 14.4 Å². The van der Waals surface area contributed by atoms with Gasteiger partial charge in [-0.05, 0) is 29.8 Å². The molecule has 1 heterocycles. The van der Waals surface area contributed by atoms with Crippen molar-refractivity contribution in [2.45, 2.75) is 6.54 Å². The molecule has 1 aliphatic rings. The Labute approximate surface area is 170 Å². The van der Waals surface area contributed by atoms with Crippen LogP contribution in [-0.4, -0.2) is 67.4 Å². The lowest BCUT2D eigenvalue weighted by Crippen LogP contribution is -2.51. The predicted octanol–water partition coefficient (Wildman–Crippen LogP) is 1.55. The third-order valence-corrected chi connectivity index (χ3v) is 4.91. The van der Waals surface area contributed by atoms with Gasteiger partial charge in [0.2, 0.25) is 5.91 Å². The van der Waals surface area contributed by atoms with E-state index in [4.69, 9.17) is 0 Å². The molecule has 0 spiro atoms. The minimum absolute atomic E-state index is 0.0213. The van der Waals surface area contributed by atoms with Crippen LogP contribution in [0.3, 0.4) is 0 Å². The summed E-state index contributed by atoms with van der Waals surface area (Å²) in [7, 11) is 1.32. The third kappa shape index (κ3) is 5.65. The first kappa shape index (κ1) is 20.5. The first-order valence-electron chi connectivity index (χ1n) is 9.57. The molecule has 1 saturated heterocycles. The highest BCUT2D eigenvalue weighted by molar-refractivity contribution is 5.96. The lowest BCUT2D eigenvalue weighted by Gasteiger charge is -2.34. The lowest BCUT2D eigenvalue weighted by atomic mass is 10.1. The number of hydrogen-bond donors (Lipinski definition) is 1. The van der Waals surface area contributed by atoms with Crippen molar-refractivity contribution in [1.29, 1.82) is 0 Å². The van der Waals surface area contributed by atoms with E-state index in [1.54, 1.807) is 29.2 Å². The Kier molecular flexibility index (Phi) is 6.97. The molecule has 1 N–H and O–H groups in total. The fourth-order valence-corrected chi connectivity index (χ4v) is 3.21. The molecule has 29 heavy (non-hydrogen) atoms. The molecular formula is C22H25N3O4. The van der Waals surface area contributed by atoms with Crippen LogP contribution in [0.25, 0.3) is 0 Å². The van der Waals surface area contributed by atoms with Crippen LogP contribution in [0.15, 0.2) is 54.6 Å². The van der Waals surface area contributed by atoms with E-state index < -0.39 is 5.97 Å². The quantitative estimate of drug-likeness (QED) is 0.751. The van der Waals surface area contributed by atoms with Gasteiger partial charge in [0.05, 0.1) is 19.2 Å². The van der Waals surface area contributed by atoms with E-state index in [1.807, 2.05) is 35.2 Å². The molecule has 0 saturated carbocycles. The molecule has 7 nitrogen and oxygen atoms in total. The van der Waals surface area contributed by atoms with Gasteiger partial charge in [0, 0.05) is 38.3 Å². The molecule has 0 bridgehead atoms. The summed E-state index contributed by atoms with van der Waals surface area (Å²) in [6.07, 6.45) is 0. The first-order valence-corrected chi connectivity index (χ1v) is 9.57. The summed E-state index contributed by atoms with van der Waals surface area (Å²) in [6.45, 7) is 3.24. The van der Waals surface area contributed by atoms with Gasteiger partial charge in [-0.15, -0.1) is 0 Å². The fraction of sp³-hybridized carbons (Fsp3) is 0.318. The molecule has 152 valence electrons. The van der Waals surface area contributed by atoms with Crippen molar-refractivity contribution in [2.24, 2.45) is 0 Å². The van der Waals surface area contributed by atoms with Crippen LogP contribution >= 0.6 is 0 Å². The van der Waals surface area contributed by atoms with Crippen molar-refractivity contribution in [1.82, 2.24) is 15.1 Å². The Balaban J connectivity index is 1.44. The van der Waals surface area contributed by atoms with E-state index in [-0.39, 0.29) is 11.8 Å². The SMILES string of the molecule is COC(=O)c1ccc(C(=O)N2CCN(CC(=O)NCc3ccccc3)CC2)cc1. The molecule has 3 rings (SSSR count). The summed E-state index contributed by atoms with van der Waals surface area (Å²) >= 11 is 0. The van der Waals surface area contributed by atoms with E-state index in [0.29, 0.717) is 50.4 Å². The number of piperazine rings is 1. The normalized spacial score (nSPS) is 14.3. The number of carbonyl (C=O) groups is 3. The molecule has 0 atom stereocenters. The molecule has 2 aromatic rings. The number of benzene rings is 2. The molecule has 1 aliphatic heterocycles. The molecule has 2 amide bonds. The van der Waals surface area contributed by atoms with E-state index in [0.717, 1.165) is 5.56 Å². The lowest BCUT2D eigenvalue weighted by molar-refractivity contribution is -0.122. The van der Waals surface area contributed by atoms with Gasteiger partial charge in [0.25, 0.3) is 5.91 Å². The number of amides is 2. The highest BCUT2D eigenvalue weighted by Crippen LogP contribution is 2.11. The summed E-state index contributed by atoms with van der Waals surface area (Å²) in [5.74, 6) is -0.523. The Bertz CT molecular complexity index is 844. The zero-order chi connectivity index (χ0) is 20.6. The molecular weight excluding hydrogens is 370 g/mol. The molecule has 0 radical (unpaired) electrons. The van der Waals surface area contributed by atoms with Crippen molar-refractivity contribution >= 4 is 17.8 Å². The molecule has 0 aromatic heterocycles. The van der Waals surface area contributed by atoms with Crippen LogP contribution in [0.1, 0.15) is 26.3 Å². The number of esters is 1. The maximum absolute atomic E-state index is 12.7. The number of nitrogens with zero attached hydrogens (tertiary/aromatic N) is 2. The predicted molar refractivity (Wildman–Crippen MR) is 108 cm³/mol. The molecule has 0 aliphatic carbocycles. The van der Waals surface area contributed by atoms with Crippen LogP contribution in [0, 0.1) is 0 Å². The number of ether oxygens (including phenoxy) is 1. The average molecular weight is 395 g/mol. The van der Waals surface area contributed by atoms with Gasteiger partial charge in [-0.1, -0.05) is 30.3 Å². The van der Waals surface area contributed by atoms with Gasteiger partial charge in [-0.3, -0.25) is 14.5 Å². The van der Waals surface area contributed by atoms with Crippen molar-refractivity contribution in [3.8, 4) is 0 Å². The van der Waals surface area contributed by atoms with Crippen LogP contribution in [0.2, 0.25) is 0 Å². The first-order chi connectivity index (χ1) is 14.1. The summed E-state index contributed by atoms with van der Waals surface area (Å²) in [6, 6.07) is 16.2. The number of nitrogens with one attached hydrogen (secondary N) is 1. The Hall–Kier alpha value is -3.19. The highest BCUT2D eigenvalue weighted by Gasteiger charge is 2.23. The maximum atomic E-state index is 12.7. The Morgan fingerprint density at radius 3 is 2.14 bits per heavy atom. The second-order valence-electron chi connectivity index (χ2n) is 6.90. The van der Waals surface area contributed by atoms with Crippen molar-refractivity contribution < 1.29 is 19.1 Å². The standard InChI is InChI=1S/C22H25N3O4/c1-29-22(28)19-9-7-18(8-10-19)21(27)25-13-11-24(12-14-25)16-20(26)23-15-17-5-3-2-4-6-17/h2-10H,11-16H2,1H3,(H,23,26). The molecule has 2 aromatic carbocycles. The monoisotopic (exact) mass is 395 g/mol. The number of carbonyl (C=O) groups excluding carboxylic acids is 3. The molecule has 7 heteroatoms. The Morgan fingerprint density at radius 2 is 1.52 bits per heavy atom. The topological polar surface area (TPSA) is 79.0 Å². The van der Waals surface area contributed by atoms with Crippen LogP contribution < -0.4 is 5.32 Å². The van der Waals surface area contributed by atoms with E-state index in [1.165, 1.54) is 7.11 Å². The van der Waals surface area contributed by atoms with Gasteiger partial charge in [0.15, 0.2) is 0 Å². The zero-order valence-corrected chi connectivity index (χ0v) is 16.5. The smallest absolute Gasteiger partial charge is 0.337 e. The van der Waals surface area contributed by atoms with Crippen molar-refractivity contribution in [3.63, 3.8) is 0 Å². The van der Waals surface area contributed by atoms with E-state index in [2.05, 4.69) is 10.1 Å². The summed E-state index contributed by atoms with van der Waals surface area (Å²) in [5, 5.41) is 2.93. The zero-order valence-electron chi connectivity index (χ0n) is 16.5. The van der Waals surface area contributed by atoms with Crippen LogP contribution in [0.4, 0.5) is 0 Å². The van der Waals surface area contributed by atoms with Gasteiger partial charge in [-0.2, -0.15) is 0 Å². The molecule has 1 fully saturated rings. The second kappa shape index (κ2) is 9.84. The second-order valence-corrected chi connectivity index (χ2v) is 6.90. The average Bonchev–Trinajstić information content (AvgIpc) is 2.78. The van der Waals surface area contributed by atoms with Crippen LogP contribution in [0.5, 0.6) is 0 Å². The van der Waals surface area contributed by atoms with Gasteiger partial charge >= 0.3 is 5.97 Å². The number of hydrogen-bond acceptors (Lipinski definition) is 5. The van der Waals surface area contributed by atoms with Gasteiger partial charge < -0.3 is 15.0 Å². The summed E-state index contributed by atoms with van der Waals surface area (Å²) < 4.78 is 4.67. The van der Waals surface area contributed by atoms with Crippen LogP contribution in [-0.2, 0) is 16.1 Å². The summed E-state index contributed by atoms with van der Waals surface area (Å²) in [4.78, 5) is 40.1. The number of methoxy groups -OCH3 is 1. The number of rotatable bonds is 6. The van der Waals surface area contributed by atoms with Gasteiger partial charge in [0.1, 0.15) is 0 Å². The van der Waals surface area contributed by atoms with Gasteiger partial charge in [-0.25, -0.2) is 4.79 Å². The Morgan fingerprint density at radius 1 is 0.897 bits per heavy atom. The molecule has 0 unspecified atom stereocenters. The van der Waals surface area contributed by atoms with Crippen molar-refractivity contribution in [3.05, 3.63) is 71.3 Å². The van der Waals surface area contributed by atoms with E-state index >= 15 is 0 Å². The largest absolute Gasteiger partial charge is 0.465 e. The minimum Gasteiger partial charge on any atom is -0.465 e. The minimum atomic E-state index is -0.428. The fourth-order valence-electron chi connectivity index (χ4n) is 3.21. The van der Waals surface area contributed by atoms with Crippen molar-refractivity contribution in [2.75, 3.05) is 39.8 Å².